The molecule has 4 N–H and O–H groups in total. The predicted molar refractivity (Wildman–Crippen MR) is 48.4 cm³/mol. The van der Waals surface area contributed by atoms with Gasteiger partial charge in [-0.2, -0.15) is 0 Å². The summed E-state index contributed by atoms with van der Waals surface area (Å²) in [5.41, 5.74) is 12.4. The summed E-state index contributed by atoms with van der Waals surface area (Å²) in [5.74, 6) is 0.286. The van der Waals surface area contributed by atoms with Gasteiger partial charge in [0.05, 0.1) is 11.2 Å². The number of aromatic nitrogens is 2. The fraction of sp³-hybridized carbons (Fsp3) is 0. The number of hydrogen-bond acceptors (Lipinski definition) is 4. The molecule has 4 nitrogen and oxygen atoms in total. The third-order valence-electron chi connectivity index (χ3n) is 1.74. The lowest BCUT2D eigenvalue weighted by Gasteiger charge is -2.01. The molecule has 0 aliphatic rings. The van der Waals surface area contributed by atoms with Gasteiger partial charge in [-0.1, -0.05) is 18.2 Å². The summed E-state index contributed by atoms with van der Waals surface area (Å²) in [6.07, 6.45) is 0. The molecule has 0 aliphatic heterocycles. The van der Waals surface area contributed by atoms with Crippen LogP contribution >= 0.6 is 0 Å². The molecule has 0 spiro atoms. The normalized spacial score (nSPS) is 10.3. The molecule has 12 heavy (non-hydrogen) atoms. The van der Waals surface area contributed by atoms with Gasteiger partial charge in [0.1, 0.15) is 0 Å². The molecule has 0 bridgehead atoms. The Hall–Kier alpha value is -1.84. The highest BCUT2D eigenvalue weighted by atomic mass is 15.1. The molecule has 0 radical (unpaired) electrons. The van der Waals surface area contributed by atoms with Gasteiger partial charge in [0.2, 0.25) is 0 Å². The van der Waals surface area contributed by atoms with Gasteiger partial charge in [0, 0.05) is 5.39 Å². The minimum Gasteiger partial charge on any atom is -0.395 e. The van der Waals surface area contributed by atoms with Crippen LogP contribution in [0.25, 0.3) is 10.9 Å². The van der Waals surface area contributed by atoms with Crippen molar-refractivity contribution in [3.8, 4) is 0 Å². The van der Waals surface area contributed by atoms with Crippen LogP contribution < -0.4 is 11.5 Å². The summed E-state index contributed by atoms with van der Waals surface area (Å²) >= 11 is 0. The van der Waals surface area contributed by atoms with E-state index in [1.807, 2.05) is 24.3 Å². The van der Waals surface area contributed by atoms with Crippen molar-refractivity contribution in [1.29, 1.82) is 0 Å². The Morgan fingerprint density at radius 3 is 2.58 bits per heavy atom. The number of nitrogen functional groups attached to an aromatic ring is 2. The van der Waals surface area contributed by atoms with Crippen LogP contribution in [0.3, 0.4) is 0 Å². The molecular formula is C8H8N4. The smallest absolute Gasteiger partial charge is 0.169 e. The third-order valence-corrected chi connectivity index (χ3v) is 1.74. The maximum atomic E-state index is 5.69. The zero-order valence-corrected chi connectivity index (χ0v) is 6.36. The quantitative estimate of drug-likeness (QED) is 0.597. The van der Waals surface area contributed by atoms with Gasteiger partial charge in [-0.15, -0.1) is 10.2 Å². The molecular weight excluding hydrogens is 152 g/mol. The Balaban J connectivity index is 2.91. The number of rotatable bonds is 0. The van der Waals surface area contributed by atoms with Gasteiger partial charge in [0.15, 0.2) is 5.82 Å². The second-order valence-electron chi connectivity index (χ2n) is 2.52. The SMILES string of the molecule is Nc1nnc2ccccc2c1N. The fourth-order valence-corrected chi connectivity index (χ4v) is 1.09. The van der Waals surface area contributed by atoms with Crippen molar-refractivity contribution in [1.82, 2.24) is 10.2 Å². The topological polar surface area (TPSA) is 77.8 Å². The van der Waals surface area contributed by atoms with Crippen LogP contribution in [0.2, 0.25) is 0 Å². The summed E-state index contributed by atoms with van der Waals surface area (Å²) in [7, 11) is 0. The number of anilines is 2. The molecule has 0 fully saturated rings. The van der Waals surface area contributed by atoms with Crippen molar-refractivity contribution in [3.05, 3.63) is 24.3 Å². The van der Waals surface area contributed by atoms with Crippen molar-refractivity contribution >= 4 is 22.4 Å². The summed E-state index contributed by atoms with van der Waals surface area (Å²) < 4.78 is 0. The molecule has 1 aromatic heterocycles. The molecule has 2 rings (SSSR count). The number of nitrogens with two attached hydrogens (primary N) is 2. The Bertz CT molecular complexity index is 424. The first-order valence-corrected chi connectivity index (χ1v) is 3.55. The summed E-state index contributed by atoms with van der Waals surface area (Å²) in [5, 5.41) is 8.45. The van der Waals surface area contributed by atoms with Crippen LogP contribution in [-0.2, 0) is 0 Å². The largest absolute Gasteiger partial charge is 0.395 e. The lowest BCUT2D eigenvalue weighted by Crippen LogP contribution is -2.00. The van der Waals surface area contributed by atoms with E-state index in [0.717, 1.165) is 10.9 Å². The van der Waals surface area contributed by atoms with Crippen LogP contribution in [0.5, 0.6) is 0 Å². The highest BCUT2D eigenvalue weighted by Gasteiger charge is 2.01. The standard InChI is InChI=1S/C8H8N4/c9-7-5-3-1-2-4-6(5)11-12-8(7)10/h1-4H,(H2,9,11)(H2,10,12). The molecule has 0 saturated carbocycles. The molecule has 2 aromatic rings. The van der Waals surface area contributed by atoms with Crippen molar-refractivity contribution in [2.45, 2.75) is 0 Å². The summed E-state index contributed by atoms with van der Waals surface area (Å²) in [4.78, 5) is 0. The van der Waals surface area contributed by atoms with Crippen LogP contribution in [0.4, 0.5) is 11.5 Å². The van der Waals surface area contributed by atoms with Crippen LogP contribution in [0.1, 0.15) is 0 Å². The lowest BCUT2D eigenvalue weighted by atomic mass is 10.2. The number of benzene rings is 1. The van der Waals surface area contributed by atoms with E-state index < -0.39 is 0 Å². The first-order valence-electron chi connectivity index (χ1n) is 3.55. The zero-order valence-electron chi connectivity index (χ0n) is 6.36. The Morgan fingerprint density at radius 1 is 1.00 bits per heavy atom. The van der Waals surface area contributed by atoms with Crippen molar-refractivity contribution in [3.63, 3.8) is 0 Å². The molecule has 0 saturated heterocycles. The molecule has 60 valence electrons. The van der Waals surface area contributed by atoms with E-state index in [1.54, 1.807) is 0 Å². The monoisotopic (exact) mass is 160 g/mol. The van der Waals surface area contributed by atoms with E-state index in [-0.39, 0.29) is 5.82 Å². The van der Waals surface area contributed by atoms with Gasteiger partial charge in [-0.05, 0) is 6.07 Å². The lowest BCUT2D eigenvalue weighted by molar-refractivity contribution is 1.09. The van der Waals surface area contributed by atoms with E-state index in [0.29, 0.717) is 5.69 Å². The number of fused-ring (bicyclic) bond motifs is 1. The number of hydrogen-bond donors (Lipinski definition) is 2. The second-order valence-corrected chi connectivity index (χ2v) is 2.52. The van der Waals surface area contributed by atoms with Crippen LogP contribution in [0, 0.1) is 0 Å². The minimum atomic E-state index is 0.286. The van der Waals surface area contributed by atoms with Gasteiger partial charge in [0.25, 0.3) is 0 Å². The molecule has 1 aromatic carbocycles. The van der Waals surface area contributed by atoms with Gasteiger partial charge < -0.3 is 11.5 Å². The highest BCUT2D eigenvalue weighted by molar-refractivity contribution is 5.93. The van der Waals surface area contributed by atoms with Gasteiger partial charge in [-0.3, -0.25) is 0 Å². The average molecular weight is 160 g/mol. The average Bonchev–Trinajstić information content (AvgIpc) is 2.12. The van der Waals surface area contributed by atoms with Gasteiger partial charge in [-0.25, -0.2) is 0 Å². The molecule has 1 heterocycles. The van der Waals surface area contributed by atoms with E-state index >= 15 is 0 Å². The van der Waals surface area contributed by atoms with Crippen molar-refractivity contribution in [2.24, 2.45) is 0 Å². The minimum absolute atomic E-state index is 0.286. The summed E-state index contributed by atoms with van der Waals surface area (Å²) in [6, 6.07) is 7.49. The maximum absolute atomic E-state index is 5.69. The molecule has 0 aliphatic carbocycles. The molecule has 4 heteroatoms. The third kappa shape index (κ3) is 0.852. The van der Waals surface area contributed by atoms with Crippen molar-refractivity contribution < 1.29 is 0 Å². The molecule has 0 amide bonds. The van der Waals surface area contributed by atoms with E-state index in [1.165, 1.54) is 0 Å². The van der Waals surface area contributed by atoms with E-state index in [9.17, 15) is 0 Å². The summed E-state index contributed by atoms with van der Waals surface area (Å²) in [6.45, 7) is 0. The zero-order chi connectivity index (χ0) is 8.55. The van der Waals surface area contributed by atoms with Crippen LogP contribution in [-0.4, -0.2) is 10.2 Å². The van der Waals surface area contributed by atoms with Gasteiger partial charge >= 0.3 is 0 Å². The Kier molecular flexibility index (Phi) is 1.33. The maximum Gasteiger partial charge on any atom is 0.169 e. The second kappa shape index (κ2) is 2.34. The molecule has 0 unspecified atom stereocenters. The van der Waals surface area contributed by atoms with E-state index in [2.05, 4.69) is 10.2 Å². The highest BCUT2D eigenvalue weighted by Crippen LogP contribution is 2.21. The first-order chi connectivity index (χ1) is 5.79. The Labute approximate surface area is 69.2 Å². The van der Waals surface area contributed by atoms with Crippen LogP contribution in [0.15, 0.2) is 24.3 Å². The Morgan fingerprint density at radius 2 is 1.75 bits per heavy atom. The molecule has 0 atom stereocenters. The van der Waals surface area contributed by atoms with Crippen molar-refractivity contribution in [2.75, 3.05) is 11.5 Å². The first kappa shape index (κ1) is 6.84. The number of nitrogens with zero attached hydrogens (tertiary/aromatic N) is 2. The fourth-order valence-electron chi connectivity index (χ4n) is 1.09. The van der Waals surface area contributed by atoms with E-state index in [4.69, 9.17) is 11.5 Å². The predicted octanol–water partition coefficient (Wildman–Crippen LogP) is 0.794.